The van der Waals surface area contributed by atoms with Gasteiger partial charge in [-0.05, 0) is 33.3 Å². The van der Waals surface area contributed by atoms with Gasteiger partial charge in [0.25, 0.3) is 5.91 Å². The third-order valence-corrected chi connectivity index (χ3v) is 4.07. The van der Waals surface area contributed by atoms with Crippen molar-refractivity contribution in [2.75, 3.05) is 13.1 Å². The number of amides is 1. The molecule has 5 nitrogen and oxygen atoms in total. The van der Waals surface area contributed by atoms with Crippen molar-refractivity contribution in [2.45, 2.75) is 33.2 Å². The average molecular weight is 299 g/mol. The molecule has 1 aromatic rings. The Kier molecular flexibility index (Phi) is 3.82. The van der Waals surface area contributed by atoms with Crippen LogP contribution in [-0.2, 0) is 4.79 Å². The van der Waals surface area contributed by atoms with Crippen LogP contribution in [0.25, 0.3) is 0 Å². The first-order chi connectivity index (χ1) is 9.24. The quantitative estimate of drug-likeness (QED) is 0.933. The van der Waals surface area contributed by atoms with Gasteiger partial charge in [0.2, 0.25) is 0 Å². The van der Waals surface area contributed by atoms with E-state index in [4.69, 9.17) is 11.6 Å². The molecule has 1 aliphatic rings. The van der Waals surface area contributed by atoms with Crippen LogP contribution < -0.4 is 0 Å². The Morgan fingerprint density at radius 2 is 2.10 bits per heavy atom. The number of carboxylic acid groups (broad SMARTS) is 1. The zero-order valence-electron chi connectivity index (χ0n) is 11.9. The largest absolute Gasteiger partial charge is 0.481 e. The summed E-state index contributed by atoms with van der Waals surface area (Å²) in [5, 5.41) is 9.74. The molecule has 0 saturated carbocycles. The van der Waals surface area contributed by atoms with Gasteiger partial charge in [0.1, 0.15) is 5.69 Å². The minimum Gasteiger partial charge on any atom is -0.481 e. The maximum atomic E-state index is 12.5. The van der Waals surface area contributed by atoms with Crippen LogP contribution in [0.15, 0.2) is 12.3 Å². The van der Waals surface area contributed by atoms with Gasteiger partial charge in [-0.25, -0.2) is 0 Å². The lowest BCUT2D eigenvalue weighted by atomic mass is 9.90. The van der Waals surface area contributed by atoms with Crippen molar-refractivity contribution in [3.05, 3.63) is 23.0 Å². The standard InChI is InChI=1S/C14H19ClN2O3/c1-9(2)17-7-10(15)6-11(17)12(18)16-5-4-14(3,8-16)13(19)20/h6-7,9H,4-5,8H2,1-3H3,(H,19,20). The predicted molar refractivity (Wildman–Crippen MR) is 76.1 cm³/mol. The van der Waals surface area contributed by atoms with Crippen LogP contribution in [0.1, 0.15) is 43.7 Å². The molecule has 110 valence electrons. The monoisotopic (exact) mass is 298 g/mol. The first-order valence-electron chi connectivity index (χ1n) is 6.64. The van der Waals surface area contributed by atoms with E-state index in [1.165, 1.54) is 0 Å². The SMILES string of the molecule is CC(C)n1cc(Cl)cc1C(=O)N1CCC(C)(C(=O)O)C1. The molecule has 1 aliphatic heterocycles. The highest BCUT2D eigenvalue weighted by Gasteiger charge is 2.42. The molecule has 0 spiro atoms. The van der Waals surface area contributed by atoms with Crippen LogP contribution in [0.2, 0.25) is 5.02 Å². The fourth-order valence-corrected chi connectivity index (χ4v) is 2.72. The zero-order valence-corrected chi connectivity index (χ0v) is 12.6. The van der Waals surface area contributed by atoms with Crippen LogP contribution in [0.3, 0.4) is 0 Å². The first-order valence-corrected chi connectivity index (χ1v) is 7.02. The van der Waals surface area contributed by atoms with Gasteiger partial charge >= 0.3 is 5.97 Å². The molecule has 0 aromatic carbocycles. The number of carboxylic acids is 1. The van der Waals surface area contributed by atoms with Gasteiger partial charge in [-0.3, -0.25) is 9.59 Å². The summed E-state index contributed by atoms with van der Waals surface area (Å²) in [7, 11) is 0. The number of carbonyl (C=O) groups excluding carboxylic acids is 1. The summed E-state index contributed by atoms with van der Waals surface area (Å²) in [6.45, 7) is 6.32. The van der Waals surface area contributed by atoms with Crippen molar-refractivity contribution >= 4 is 23.5 Å². The van der Waals surface area contributed by atoms with E-state index in [9.17, 15) is 14.7 Å². The second-order valence-electron chi connectivity index (χ2n) is 5.89. The molecule has 1 N–H and O–H groups in total. The molecule has 20 heavy (non-hydrogen) atoms. The molecule has 0 aliphatic carbocycles. The summed E-state index contributed by atoms with van der Waals surface area (Å²) in [5.74, 6) is -1.01. The van der Waals surface area contributed by atoms with Crippen LogP contribution in [0, 0.1) is 5.41 Å². The van der Waals surface area contributed by atoms with E-state index in [2.05, 4.69) is 0 Å². The van der Waals surface area contributed by atoms with Crippen molar-refractivity contribution < 1.29 is 14.7 Å². The van der Waals surface area contributed by atoms with E-state index in [1.807, 2.05) is 18.4 Å². The third kappa shape index (κ3) is 2.54. The Balaban J connectivity index is 2.24. The number of hydrogen-bond acceptors (Lipinski definition) is 2. The van der Waals surface area contributed by atoms with Gasteiger partial charge in [-0.15, -0.1) is 0 Å². The van der Waals surface area contributed by atoms with Crippen LogP contribution in [0.4, 0.5) is 0 Å². The molecule has 0 bridgehead atoms. The molecule has 6 heteroatoms. The molecule has 1 unspecified atom stereocenters. The van der Waals surface area contributed by atoms with Gasteiger partial charge in [0.15, 0.2) is 0 Å². The van der Waals surface area contributed by atoms with Crippen LogP contribution in [0.5, 0.6) is 0 Å². The minimum atomic E-state index is -0.856. The first kappa shape index (κ1) is 14.9. The van der Waals surface area contributed by atoms with E-state index in [-0.39, 0.29) is 18.5 Å². The van der Waals surface area contributed by atoms with Crippen molar-refractivity contribution in [2.24, 2.45) is 5.41 Å². The molecule has 1 saturated heterocycles. The smallest absolute Gasteiger partial charge is 0.311 e. The lowest BCUT2D eigenvalue weighted by Crippen LogP contribution is -2.35. The molecule has 2 heterocycles. The Hall–Kier alpha value is -1.49. The third-order valence-electron chi connectivity index (χ3n) is 3.87. The van der Waals surface area contributed by atoms with Crippen LogP contribution in [-0.4, -0.2) is 39.5 Å². The van der Waals surface area contributed by atoms with E-state index in [0.29, 0.717) is 23.7 Å². The lowest BCUT2D eigenvalue weighted by Gasteiger charge is -2.21. The fraction of sp³-hybridized carbons (Fsp3) is 0.571. The summed E-state index contributed by atoms with van der Waals surface area (Å²) in [5.41, 5.74) is -0.339. The fourth-order valence-electron chi connectivity index (χ4n) is 2.52. The molecule has 2 rings (SSSR count). The van der Waals surface area contributed by atoms with Gasteiger partial charge in [-0.1, -0.05) is 11.6 Å². The van der Waals surface area contributed by atoms with Gasteiger partial charge in [-0.2, -0.15) is 0 Å². The van der Waals surface area contributed by atoms with E-state index >= 15 is 0 Å². The Bertz CT molecular complexity index is 553. The van der Waals surface area contributed by atoms with Gasteiger partial charge in [0, 0.05) is 25.3 Å². The summed E-state index contributed by atoms with van der Waals surface area (Å²) in [6, 6.07) is 1.76. The number of aromatic nitrogens is 1. The summed E-state index contributed by atoms with van der Waals surface area (Å²) < 4.78 is 1.82. The Morgan fingerprint density at radius 1 is 1.45 bits per heavy atom. The predicted octanol–water partition coefficient (Wildman–Crippen LogP) is 2.66. The summed E-state index contributed by atoms with van der Waals surface area (Å²) in [4.78, 5) is 25.4. The van der Waals surface area contributed by atoms with Crippen molar-refractivity contribution in [3.8, 4) is 0 Å². The highest BCUT2D eigenvalue weighted by molar-refractivity contribution is 6.31. The van der Waals surface area contributed by atoms with E-state index < -0.39 is 11.4 Å². The minimum absolute atomic E-state index is 0.120. The molecule has 1 aromatic heterocycles. The molecule has 1 amide bonds. The second kappa shape index (κ2) is 5.13. The maximum Gasteiger partial charge on any atom is 0.311 e. The van der Waals surface area contributed by atoms with Gasteiger partial charge < -0.3 is 14.6 Å². The maximum absolute atomic E-state index is 12.5. The number of hydrogen-bond donors (Lipinski definition) is 1. The molecule has 1 fully saturated rings. The zero-order chi connectivity index (χ0) is 15.1. The number of carbonyl (C=O) groups is 2. The number of rotatable bonds is 3. The summed E-state index contributed by atoms with van der Waals surface area (Å²) >= 11 is 5.98. The van der Waals surface area contributed by atoms with Crippen molar-refractivity contribution in [1.29, 1.82) is 0 Å². The number of aliphatic carboxylic acids is 1. The average Bonchev–Trinajstić information content (AvgIpc) is 2.93. The van der Waals surface area contributed by atoms with Crippen molar-refractivity contribution in [3.63, 3.8) is 0 Å². The highest BCUT2D eigenvalue weighted by Crippen LogP contribution is 2.31. The van der Waals surface area contributed by atoms with Crippen molar-refractivity contribution in [1.82, 2.24) is 9.47 Å². The van der Waals surface area contributed by atoms with E-state index in [1.54, 1.807) is 24.1 Å². The Labute approximate surface area is 123 Å². The molecular formula is C14H19ClN2O3. The molecule has 0 radical (unpaired) electrons. The topological polar surface area (TPSA) is 62.5 Å². The van der Waals surface area contributed by atoms with Gasteiger partial charge in [0.05, 0.1) is 10.4 Å². The second-order valence-corrected chi connectivity index (χ2v) is 6.32. The number of nitrogens with zero attached hydrogens (tertiary/aromatic N) is 2. The Morgan fingerprint density at radius 3 is 2.60 bits per heavy atom. The lowest BCUT2D eigenvalue weighted by molar-refractivity contribution is -0.147. The van der Waals surface area contributed by atoms with Crippen LogP contribution >= 0.6 is 11.6 Å². The number of halogens is 1. The summed E-state index contributed by atoms with van der Waals surface area (Å²) in [6.07, 6.45) is 2.20. The number of likely N-dealkylation sites (tertiary alicyclic amines) is 1. The molecule has 1 atom stereocenters. The normalized spacial score (nSPS) is 22.6. The highest BCUT2D eigenvalue weighted by atomic mass is 35.5. The van der Waals surface area contributed by atoms with E-state index in [0.717, 1.165) is 0 Å². The molecular weight excluding hydrogens is 280 g/mol.